The molecule has 0 saturated carbocycles. The fourth-order valence-corrected chi connectivity index (χ4v) is 3.15. The number of benzene rings is 1. The van der Waals surface area contributed by atoms with Crippen molar-refractivity contribution >= 4 is 16.6 Å². The normalized spacial score (nSPS) is 23.5. The maximum absolute atomic E-state index is 3.49. The van der Waals surface area contributed by atoms with E-state index < -0.39 is 0 Å². The van der Waals surface area contributed by atoms with Crippen LogP contribution in [0.2, 0.25) is 0 Å². The third-order valence-corrected chi connectivity index (χ3v) is 3.88. The zero-order chi connectivity index (χ0) is 10.5. The predicted octanol–water partition coefficient (Wildman–Crippen LogP) is 1.50. The van der Waals surface area contributed by atoms with Crippen LogP contribution in [0.3, 0.4) is 0 Å². The number of aromatic amines is 1. The van der Waals surface area contributed by atoms with E-state index in [9.17, 15) is 0 Å². The number of nitrogens with one attached hydrogen (secondary N) is 2. The summed E-state index contributed by atoms with van der Waals surface area (Å²) in [7, 11) is 0. The Morgan fingerprint density at radius 3 is 3.31 bits per heavy atom. The Morgan fingerprint density at radius 2 is 2.31 bits per heavy atom. The van der Waals surface area contributed by atoms with Gasteiger partial charge >= 0.3 is 0 Å². The number of aromatic nitrogens is 1. The van der Waals surface area contributed by atoms with Crippen molar-refractivity contribution in [1.82, 2.24) is 10.3 Å². The Bertz CT molecular complexity index is 543. The highest BCUT2D eigenvalue weighted by Crippen LogP contribution is 2.36. The van der Waals surface area contributed by atoms with Crippen LogP contribution in [-0.4, -0.2) is 30.7 Å². The van der Waals surface area contributed by atoms with Gasteiger partial charge in [0.2, 0.25) is 0 Å². The molecule has 1 unspecified atom stereocenters. The fourth-order valence-electron chi connectivity index (χ4n) is 3.15. The van der Waals surface area contributed by atoms with E-state index in [1.165, 1.54) is 28.6 Å². The largest absolute Gasteiger partial charge is 0.365 e. The van der Waals surface area contributed by atoms with E-state index in [1.807, 2.05) is 0 Å². The number of nitrogens with zero attached hydrogens (tertiary/aromatic N) is 1. The van der Waals surface area contributed by atoms with Crippen molar-refractivity contribution in [3.63, 3.8) is 0 Å². The number of hydrogen-bond donors (Lipinski definition) is 2. The molecule has 2 N–H and O–H groups in total. The number of fused-ring (bicyclic) bond motifs is 2. The number of hydrogen-bond acceptors (Lipinski definition) is 2. The predicted molar refractivity (Wildman–Crippen MR) is 66.0 cm³/mol. The molecule has 1 fully saturated rings. The van der Waals surface area contributed by atoms with E-state index in [4.69, 9.17) is 0 Å². The van der Waals surface area contributed by atoms with E-state index in [-0.39, 0.29) is 0 Å². The zero-order valence-electron chi connectivity index (χ0n) is 9.16. The minimum Gasteiger partial charge on any atom is -0.365 e. The SMILES string of the molecule is c1cc2c3c(c[nH]c3c1)CC1CNCCN21. The molecule has 2 aliphatic rings. The third kappa shape index (κ3) is 1.01. The van der Waals surface area contributed by atoms with Crippen LogP contribution in [0.25, 0.3) is 10.9 Å². The molecule has 1 atom stereocenters. The first kappa shape index (κ1) is 8.65. The van der Waals surface area contributed by atoms with Crippen molar-refractivity contribution in [3.05, 3.63) is 30.0 Å². The summed E-state index contributed by atoms with van der Waals surface area (Å²) >= 11 is 0. The van der Waals surface area contributed by atoms with E-state index >= 15 is 0 Å². The molecule has 0 amide bonds. The summed E-state index contributed by atoms with van der Waals surface area (Å²) in [5.41, 5.74) is 4.19. The molecule has 4 rings (SSSR count). The Kier molecular flexibility index (Phi) is 1.63. The van der Waals surface area contributed by atoms with Crippen LogP contribution in [0, 0.1) is 0 Å². The molecule has 1 saturated heterocycles. The molecule has 0 radical (unpaired) electrons. The Morgan fingerprint density at radius 1 is 1.31 bits per heavy atom. The van der Waals surface area contributed by atoms with E-state index in [0.29, 0.717) is 6.04 Å². The maximum Gasteiger partial charge on any atom is 0.0477 e. The molecule has 16 heavy (non-hydrogen) atoms. The van der Waals surface area contributed by atoms with E-state index in [1.54, 1.807) is 0 Å². The maximum atomic E-state index is 3.49. The van der Waals surface area contributed by atoms with Crippen LogP contribution in [0.1, 0.15) is 5.56 Å². The third-order valence-electron chi connectivity index (χ3n) is 3.88. The van der Waals surface area contributed by atoms with Crippen molar-refractivity contribution in [3.8, 4) is 0 Å². The highest BCUT2D eigenvalue weighted by molar-refractivity contribution is 5.96. The average Bonchev–Trinajstić information content (AvgIpc) is 2.75. The van der Waals surface area contributed by atoms with Gasteiger partial charge in [-0.3, -0.25) is 0 Å². The number of rotatable bonds is 0. The van der Waals surface area contributed by atoms with Gasteiger partial charge in [0.1, 0.15) is 0 Å². The highest BCUT2D eigenvalue weighted by atomic mass is 15.2. The summed E-state index contributed by atoms with van der Waals surface area (Å²) in [6.07, 6.45) is 3.35. The van der Waals surface area contributed by atoms with Crippen LogP contribution in [0.5, 0.6) is 0 Å². The summed E-state index contributed by atoms with van der Waals surface area (Å²) in [6, 6.07) is 7.23. The van der Waals surface area contributed by atoms with Crippen molar-refractivity contribution in [2.24, 2.45) is 0 Å². The monoisotopic (exact) mass is 213 g/mol. The van der Waals surface area contributed by atoms with Crippen molar-refractivity contribution in [2.75, 3.05) is 24.5 Å². The summed E-state index contributed by atoms with van der Waals surface area (Å²) in [5, 5.41) is 4.93. The van der Waals surface area contributed by atoms with Gasteiger partial charge in [-0.05, 0) is 24.1 Å². The van der Waals surface area contributed by atoms with Gasteiger partial charge in [-0.25, -0.2) is 0 Å². The molecular weight excluding hydrogens is 198 g/mol. The first-order chi connectivity index (χ1) is 7.93. The Balaban J connectivity index is 1.98. The Labute approximate surface area is 94.4 Å². The second-order valence-corrected chi connectivity index (χ2v) is 4.77. The van der Waals surface area contributed by atoms with Crippen LogP contribution >= 0.6 is 0 Å². The summed E-state index contributed by atoms with van der Waals surface area (Å²) in [6.45, 7) is 3.35. The number of H-pyrrole nitrogens is 1. The molecule has 0 aliphatic carbocycles. The smallest absolute Gasteiger partial charge is 0.0477 e. The first-order valence-electron chi connectivity index (χ1n) is 6.00. The van der Waals surface area contributed by atoms with Crippen LogP contribution < -0.4 is 10.2 Å². The van der Waals surface area contributed by atoms with Gasteiger partial charge in [0.25, 0.3) is 0 Å². The summed E-state index contributed by atoms with van der Waals surface area (Å²) < 4.78 is 0. The number of piperazine rings is 1. The molecule has 0 spiro atoms. The van der Waals surface area contributed by atoms with Crippen molar-refractivity contribution in [1.29, 1.82) is 0 Å². The molecule has 1 aromatic carbocycles. The molecular formula is C13H15N3. The number of anilines is 1. The summed E-state index contributed by atoms with van der Waals surface area (Å²) in [5.74, 6) is 0. The molecule has 1 aromatic heterocycles. The lowest BCUT2D eigenvalue weighted by atomic mass is 9.95. The lowest BCUT2D eigenvalue weighted by Gasteiger charge is -2.41. The van der Waals surface area contributed by atoms with Crippen molar-refractivity contribution < 1.29 is 0 Å². The second-order valence-electron chi connectivity index (χ2n) is 4.77. The lowest BCUT2D eigenvalue weighted by Crippen LogP contribution is -2.53. The minimum absolute atomic E-state index is 0.641. The molecule has 3 heterocycles. The van der Waals surface area contributed by atoms with Gasteiger partial charge in [0, 0.05) is 48.5 Å². The van der Waals surface area contributed by atoms with Crippen LogP contribution in [0.4, 0.5) is 5.69 Å². The Hall–Kier alpha value is -1.48. The van der Waals surface area contributed by atoms with E-state index in [2.05, 4.69) is 39.6 Å². The first-order valence-corrected chi connectivity index (χ1v) is 6.00. The quantitative estimate of drug-likeness (QED) is 0.695. The highest BCUT2D eigenvalue weighted by Gasteiger charge is 2.29. The lowest BCUT2D eigenvalue weighted by molar-refractivity contribution is 0.470. The molecule has 2 aliphatic heterocycles. The van der Waals surface area contributed by atoms with Gasteiger partial charge in [-0.2, -0.15) is 0 Å². The molecule has 82 valence electrons. The average molecular weight is 213 g/mol. The van der Waals surface area contributed by atoms with Crippen LogP contribution in [0.15, 0.2) is 24.4 Å². The van der Waals surface area contributed by atoms with Gasteiger partial charge in [0.15, 0.2) is 0 Å². The van der Waals surface area contributed by atoms with Gasteiger partial charge in [-0.15, -0.1) is 0 Å². The molecule has 3 heteroatoms. The van der Waals surface area contributed by atoms with Gasteiger partial charge in [0.05, 0.1) is 0 Å². The second kappa shape index (κ2) is 3.01. The zero-order valence-corrected chi connectivity index (χ0v) is 9.16. The minimum atomic E-state index is 0.641. The van der Waals surface area contributed by atoms with Crippen molar-refractivity contribution in [2.45, 2.75) is 12.5 Å². The summed E-state index contributed by atoms with van der Waals surface area (Å²) in [4.78, 5) is 5.95. The molecule has 3 nitrogen and oxygen atoms in total. The molecule has 0 bridgehead atoms. The standard InChI is InChI=1S/C13H15N3/c1-2-11-13-9(7-15-11)6-10-8-14-4-5-16(10)12(13)3-1/h1-3,7,10,14-15H,4-6,8H2. The fraction of sp³-hybridized carbons (Fsp3) is 0.385. The topological polar surface area (TPSA) is 31.1 Å². The van der Waals surface area contributed by atoms with Gasteiger partial charge < -0.3 is 15.2 Å². The van der Waals surface area contributed by atoms with Gasteiger partial charge in [-0.1, -0.05) is 6.07 Å². The van der Waals surface area contributed by atoms with E-state index in [0.717, 1.165) is 19.6 Å². The van der Waals surface area contributed by atoms with Crippen LogP contribution in [-0.2, 0) is 6.42 Å². The molecule has 2 aromatic rings.